The van der Waals surface area contributed by atoms with Gasteiger partial charge >= 0.3 is 0 Å². The van der Waals surface area contributed by atoms with Gasteiger partial charge in [0.15, 0.2) is 0 Å². The summed E-state index contributed by atoms with van der Waals surface area (Å²) in [4.78, 5) is 34.8. The molecule has 1 heterocycles. The zero-order valence-corrected chi connectivity index (χ0v) is 13.6. The number of para-hydroxylation sites is 1. The lowest BCUT2D eigenvalue weighted by molar-refractivity contribution is -0.118. The van der Waals surface area contributed by atoms with Crippen molar-refractivity contribution >= 4 is 40.8 Å². The number of nitrogens with two attached hydrogens (primary N) is 1. The summed E-state index contributed by atoms with van der Waals surface area (Å²) in [6.07, 6.45) is 3.16. The molecule has 0 fully saturated rings. The number of thiophene rings is 1. The van der Waals surface area contributed by atoms with Crippen molar-refractivity contribution in [1.29, 1.82) is 0 Å². The Labute approximate surface area is 143 Å². The summed E-state index contributed by atoms with van der Waals surface area (Å²) in [7, 11) is 0. The Hall–Kier alpha value is -2.93. The van der Waals surface area contributed by atoms with E-state index in [4.69, 9.17) is 5.73 Å². The zero-order valence-electron chi connectivity index (χ0n) is 12.8. The van der Waals surface area contributed by atoms with Gasteiger partial charge in [0.1, 0.15) is 0 Å². The highest BCUT2D eigenvalue weighted by atomic mass is 32.1. The molecule has 4 N–H and O–H groups in total. The topological polar surface area (TPSA) is 101 Å². The average molecular weight is 343 g/mol. The van der Waals surface area contributed by atoms with Gasteiger partial charge in [-0.1, -0.05) is 12.1 Å². The van der Waals surface area contributed by atoms with Crippen LogP contribution in [-0.4, -0.2) is 24.3 Å². The molecule has 0 saturated heterocycles. The van der Waals surface area contributed by atoms with Crippen molar-refractivity contribution in [2.45, 2.75) is 6.42 Å². The first-order valence-electron chi connectivity index (χ1n) is 7.23. The second-order valence-corrected chi connectivity index (χ2v) is 5.68. The van der Waals surface area contributed by atoms with Gasteiger partial charge in [0.05, 0.1) is 11.3 Å². The van der Waals surface area contributed by atoms with Gasteiger partial charge in [-0.2, -0.15) is 11.3 Å². The molecule has 0 radical (unpaired) electrons. The van der Waals surface area contributed by atoms with Gasteiger partial charge in [0.2, 0.25) is 11.8 Å². The van der Waals surface area contributed by atoms with E-state index < -0.39 is 5.91 Å². The highest BCUT2D eigenvalue weighted by Gasteiger charge is 2.12. The summed E-state index contributed by atoms with van der Waals surface area (Å²) in [6, 6.07) is 8.55. The molecule has 0 spiro atoms. The Bertz CT molecular complexity index is 754. The lowest BCUT2D eigenvalue weighted by atomic mass is 10.1. The summed E-state index contributed by atoms with van der Waals surface area (Å²) < 4.78 is 0. The number of hydrogen-bond donors (Lipinski definition) is 3. The number of rotatable bonds is 7. The van der Waals surface area contributed by atoms with Crippen molar-refractivity contribution in [2.24, 2.45) is 5.73 Å². The van der Waals surface area contributed by atoms with Gasteiger partial charge in [-0.3, -0.25) is 14.4 Å². The van der Waals surface area contributed by atoms with Crippen molar-refractivity contribution in [2.75, 3.05) is 11.9 Å². The van der Waals surface area contributed by atoms with Gasteiger partial charge in [-0.05, 0) is 40.6 Å². The predicted molar refractivity (Wildman–Crippen MR) is 94.6 cm³/mol. The lowest BCUT2D eigenvalue weighted by Crippen LogP contribution is -2.28. The number of carbonyl (C=O) groups excluding carboxylic acids is 3. The van der Waals surface area contributed by atoms with Crippen molar-refractivity contribution in [3.8, 4) is 0 Å². The fraction of sp³-hybridized carbons (Fsp3) is 0.118. The normalized spacial score (nSPS) is 10.5. The Morgan fingerprint density at radius 3 is 2.67 bits per heavy atom. The minimum absolute atomic E-state index is 0.0592. The summed E-state index contributed by atoms with van der Waals surface area (Å²) >= 11 is 1.54. The van der Waals surface area contributed by atoms with Crippen LogP contribution in [0.2, 0.25) is 0 Å². The number of amides is 3. The molecule has 1 aromatic carbocycles. The minimum atomic E-state index is -0.490. The molecule has 2 aromatic rings. The van der Waals surface area contributed by atoms with E-state index in [0.29, 0.717) is 11.3 Å². The number of nitrogens with one attached hydrogen (secondary N) is 2. The summed E-state index contributed by atoms with van der Waals surface area (Å²) in [5.74, 6) is -1.21. The van der Waals surface area contributed by atoms with Crippen LogP contribution in [0.15, 0.2) is 47.2 Å². The Morgan fingerprint density at radius 1 is 1.17 bits per heavy atom. The molecule has 0 aliphatic heterocycles. The van der Waals surface area contributed by atoms with Crippen molar-refractivity contribution < 1.29 is 14.4 Å². The third kappa shape index (κ3) is 5.36. The maximum Gasteiger partial charge on any atom is 0.253 e. The molecule has 124 valence electrons. The Kier molecular flexibility index (Phi) is 6.27. The second-order valence-electron chi connectivity index (χ2n) is 4.90. The first kappa shape index (κ1) is 17.4. The molecule has 0 unspecified atom stereocenters. The van der Waals surface area contributed by atoms with Crippen LogP contribution in [0.3, 0.4) is 0 Å². The van der Waals surface area contributed by atoms with E-state index in [1.165, 1.54) is 6.08 Å². The first-order chi connectivity index (χ1) is 11.6. The molecule has 7 heteroatoms. The Morgan fingerprint density at radius 2 is 1.96 bits per heavy atom. The van der Waals surface area contributed by atoms with Crippen LogP contribution < -0.4 is 16.4 Å². The van der Waals surface area contributed by atoms with E-state index in [0.717, 1.165) is 5.56 Å². The molecular formula is C17H17N3O3S. The smallest absolute Gasteiger partial charge is 0.253 e. The van der Waals surface area contributed by atoms with Crippen molar-refractivity contribution in [1.82, 2.24) is 5.32 Å². The number of hydrogen-bond acceptors (Lipinski definition) is 4. The molecule has 0 saturated carbocycles. The highest BCUT2D eigenvalue weighted by molar-refractivity contribution is 7.08. The van der Waals surface area contributed by atoms with E-state index in [9.17, 15) is 14.4 Å². The third-order valence-corrected chi connectivity index (χ3v) is 3.76. The standard InChI is InChI=1S/C17H17N3O3S/c18-15(21)7-9-19-17(23)13-3-1-2-4-14(13)20-16(22)6-5-12-8-10-24-11-12/h1-6,8,10-11H,7,9H2,(H2,18,21)(H,19,23)(H,20,22)/b6-5+. The maximum atomic E-state index is 12.1. The summed E-state index contributed by atoms with van der Waals surface area (Å²) in [5.41, 5.74) is 6.69. The Balaban J connectivity index is 2.01. The first-order valence-corrected chi connectivity index (χ1v) is 8.17. The van der Waals surface area contributed by atoms with Crippen LogP contribution in [0.25, 0.3) is 6.08 Å². The van der Waals surface area contributed by atoms with Crippen LogP contribution in [0.1, 0.15) is 22.3 Å². The second kappa shape index (κ2) is 8.64. The molecule has 0 bridgehead atoms. The number of anilines is 1. The van der Waals surface area contributed by atoms with Gasteiger partial charge < -0.3 is 16.4 Å². The van der Waals surface area contributed by atoms with E-state index in [1.54, 1.807) is 41.7 Å². The molecular weight excluding hydrogens is 326 g/mol. The van der Waals surface area contributed by atoms with Gasteiger partial charge in [0.25, 0.3) is 5.91 Å². The van der Waals surface area contributed by atoms with Crippen molar-refractivity contribution in [3.05, 3.63) is 58.3 Å². The number of benzene rings is 1. The minimum Gasteiger partial charge on any atom is -0.370 e. The molecule has 0 atom stereocenters. The summed E-state index contributed by atoms with van der Waals surface area (Å²) in [5, 5.41) is 9.11. The molecule has 1 aromatic heterocycles. The van der Waals surface area contributed by atoms with E-state index in [-0.39, 0.29) is 24.8 Å². The molecule has 6 nitrogen and oxygen atoms in total. The average Bonchev–Trinajstić information content (AvgIpc) is 3.06. The van der Waals surface area contributed by atoms with Gasteiger partial charge in [0, 0.05) is 19.0 Å². The predicted octanol–water partition coefficient (Wildman–Crippen LogP) is 2.01. The van der Waals surface area contributed by atoms with E-state index in [1.807, 2.05) is 16.8 Å². The SMILES string of the molecule is NC(=O)CCNC(=O)c1ccccc1NC(=O)/C=C/c1ccsc1. The molecule has 0 aliphatic rings. The van der Waals surface area contributed by atoms with Crippen LogP contribution in [0, 0.1) is 0 Å². The molecule has 0 aliphatic carbocycles. The number of carbonyl (C=O) groups is 3. The van der Waals surface area contributed by atoms with Gasteiger partial charge in [-0.25, -0.2) is 0 Å². The maximum absolute atomic E-state index is 12.1. The largest absolute Gasteiger partial charge is 0.370 e. The number of primary amides is 1. The zero-order chi connectivity index (χ0) is 17.4. The summed E-state index contributed by atoms with van der Waals surface area (Å²) in [6.45, 7) is 0.147. The van der Waals surface area contributed by atoms with Crippen LogP contribution in [-0.2, 0) is 9.59 Å². The lowest BCUT2D eigenvalue weighted by Gasteiger charge is -2.10. The van der Waals surface area contributed by atoms with Crippen LogP contribution in [0.5, 0.6) is 0 Å². The van der Waals surface area contributed by atoms with Crippen LogP contribution >= 0.6 is 11.3 Å². The quantitative estimate of drug-likeness (QED) is 0.670. The monoisotopic (exact) mass is 343 g/mol. The third-order valence-electron chi connectivity index (χ3n) is 3.06. The fourth-order valence-electron chi connectivity index (χ4n) is 1.90. The van der Waals surface area contributed by atoms with Crippen molar-refractivity contribution in [3.63, 3.8) is 0 Å². The molecule has 24 heavy (non-hydrogen) atoms. The molecule has 2 rings (SSSR count). The van der Waals surface area contributed by atoms with E-state index >= 15 is 0 Å². The van der Waals surface area contributed by atoms with Crippen LogP contribution in [0.4, 0.5) is 5.69 Å². The molecule has 3 amide bonds. The highest BCUT2D eigenvalue weighted by Crippen LogP contribution is 2.15. The fourth-order valence-corrected chi connectivity index (χ4v) is 2.53. The van der Waals surface area contributed by atoms with E-state index in [2.05, 4.69) is 10.6 Å². The van der Waals surface area contributed by atoms with Gasteiger partial charge in [-0.15, -0.1) is 0 Å².